The van der Waals surface area contributed by atoms with Gasteiger partial charge in [-0.25, -0.2) is 0 Å². The fraction of sp³-hybridized carbons (Fsp3) is 0. The third-order valence-electron chi connectivity index (χ3n) is 0.291. The molecule has 0 fully saturated rings. The first kappa shape index (κ1) is 30.4. The van der Waals surface area contributed by atoms with Crippen LogP contribution in [0.4, 0.5) is 0 Å². The van der Waals surface area contributed by atoms with Crippen LogP contribution in [0.5, 0.6) is 0 Å². The second-order valence-corrected chi connectivity index (χ2v) is 3.64. The molecule has 0 bridgehead atoms. The van der Waals surface area contributed by atoms with E-state index in [-0.39, 0.29) is 96.8 Å². The average Bonchev–Trinajstić information content (AvgIpc) is 1.60. The minimum atomic E-state index is -5.70. The van der Waals surface area contributed by atoms with Crippen LogP contribution >= 0.6 is 15.6 Å². The third kappa shape index (κ3) is 20.8. The van der Waals surface area contributed by atoms with Crippen molar-refractivity contribution in [1.29, 1.82) is 0 Å². The summed E-state index contributed by atoms with van der Waals surface area (Å²) in [6, 6.07) is 0. The van der Waals surface area contributed by atoms with Crippen LogP contribution < -0.4 is 117 Å². The summed E-state index contributed by atoms with van der Waals surface area (Å²) in [7, 11) is -11.2. The van der Waals surface area contributed by atoms with Gasteiger partial charge in [-0.05, 0) is 0 Å². The molecule has 0 aromatic heterocycles. The van der Waals surface area contributed by atoms with Gasteiger partial charge in [0.25, 0.3) is 7.82 Å². The molecule has 0 aliphatic heterocycles. The van der Waals surface area contributed by atoms with Gasteiger partial charge in [-0.1, -0.05) is 0 Å². The van der Waals surface area contributed by atoms with Crippen molar-refractivity contribution in [2.75, 3.05) is 0 Å². The summed E-state index contributed by atoms with van der Waals surface area (Å²) in [6.07, 6.45) is 0. The summed E-state index contributed by atoms with van der Waals surface area (Å²) < 4.78 is 24.1. The molecule has 0 aromatic rings. The first-order chi connectivity index (χ1) is 4.27. The van der Waals surface area contributed by atoms with E-state index in [2.05, 4.69) is 8.99 Å². The van der Waals surface area contributed by atoms with Gasteiger partial charge in [0, 0.05) is 0 Å². The molecule has 0 amide bonds. The Kier molecular flexibility index (Phi) is 28.0. The number of phosphoric acid groups is 2. The Bertz CT molecular complexity index is 202. The maximum absolute atomic E-state index is 9.71. The molecule has 1 unspecified atom stereocenters. The summed E-state index contributed by atoms with van der Waals surface area (Å²) >= 11 is 0. The van der Waals surface area contributed by atoms with Crippen LogP contribution in [0.15, 0.2) is 0 Å². The Balaban J connectivity index is -0.0000000675. The molecule has 8 nitrogen and oxygen atoms in total. The van der Waals surface area contributed by atoms with Crippen molar-refractivity contribution >= 4 is 15.6 Å². The normalized spacial score (nSPS) is 13.1. The number of hydrogen-bond donors (Lipinski definition) is 0. The van der Waals surface area contributed by atoms with Gasteiger partial charge in [0.15, 0.2) is 0 Å². The van der Waals surface area contributed by atoms with Crippen molar-refractivity contribution in [2.24, 2.45) is 0 Å². The van der Waals surface area contributed by atoms with Crippen LogP contribution in [0.3, 0.4) is 0 Å². The molecular weight excluding hydrogens is 250 g/mol. The third-order valence-corrected chi connectivity index (χ3v) is 2.07. The topological polar surface area (TPSA) is 145 Å². The molecule has 0 aromatic carbocycles. The van der Waals surface area contributed by atoms with Crippen LogP contribution in [0.25, 0.3) is 0 Å². The van der Waals surface area contributed by atoms with E-state index in [1.54, 1.807) is 0 Å². The zero-order valence-corrected chi connectivity index (χ0v) is 13.9. The molecule has 0 N–H and O–H groups in total. The van der Waals surface area contributed by atoms with E-state index >= 15 is 0 Å². The van der Waals surface area contributed by atoms with E-state index in [1.165, 1.54) is 0 Å². The molecule has 0 radical (unpaired) electrons. The second-order valence-electron chi connectivity index (χ2n) is 1.05. The Morgan fingerprint density at radius 1 is 0.929 bits per heavy atom. The van der Waals surface area contributed by atoms with Gasteiger partial charge in [-0.15, -0.1) is 0 Å². The quantitative estimate of drug-likeness (QED) is 0.207. The van der Waals surface area contributed by atoms with Crippen molar-refractivity contribution in [1.82, 2.24) is 0 Å². The Labute approximate surface area is 148 Å². The Morgan fingerprint density at radius 2 is 1.21 bits per heavy atom. The van der Waals surface area contributed by atoms with Gasteiger partial charge in [0.2, 0.25) is 0 Å². The average molecular weight is 250 g/mol. The minimum Gasteiger partial charge on any atom is -0.790 e. The van der Waals surface area contributed by atoms with Crippen molar-refractivity contribution in [3.05, 3.63) is 0 Å². The van der Waals surface area contributed by atoms with Crippen LogP contribution in [0.2, 0.25) is 0 Å². The smallest absolute Gasteiger partial charge is 0.790 e. The van der Waals surface area contributed by atoms with E-state index < -0.39 is 15.6 Å². The van der Waals surface area contributed by atoms with Crippen LogP contribution in [0.1, 0.15) is 0 Å². The molecule has 0 saturated heterocycles. The van der Waals surface area contributed by atoms with Crippen LogP contribution in [-0.4, -0.2) is 0 Å². The van der Waals surface area contributed by atoms with Crippen molar-refractivity contribution in [3.63, 3.8) is 0 Å². The standard InChI is InChI=1S/2Li.2Na.H4O8P2/c;;;;1-7-10(5,6)8-9(2,3)4/h;;;;1H,(H,5,6)(H2,2,3,4)/q4*+1;/p-4. The summed E-state index contributed by atoms with van der Waals surface area (Å²) in [4.78, 5) is 28.6. The molecule has 0 spiro atoms. The van der Waals surface area contributed by atoms with Gasteiger partial charge in [0.05, 0.1) is 7.82 Å². The Hall–Kier alpha value is 3.41. The zero-order chi connectivity index (χ0) is 8.41. The molecule has 0 aliphatic rings. The van der Waals surface area contributed by atoms with E-state index in [9.17, 15) is 23.8 Å². The Morgan fingerprint density at radius 3 is 1.29 bits per heavy atom. The molecule has 14 heavy (non-hydrogen) atoms. The van der Waals surface area contributed by atoms with Crippen molar-refractivity contribution < 1.29 is 135 Å². The predicted octanol–water partition coefficient (Wildman–Crippen LogP) is -15.4. The van der Waals surface area contributed by atoms with E-state index in [4.69, 9.17) is 5.26 Å². The molecule has 1 atom stereocenters. The van der Waals surface area contributed by atoms with Crippen molar-refractivity contribution in [2.45, 2.75) is 0 Å². The summed E-state index contributed by atoms with van der Waals surface area (Å²) in [5, 5.41) is 9.03. The fourth-order valence-electron chi connectivity index (χ4n) is 0.136. The zero-order valence-electron chi connectivity index (χ0n) is 8.16. The maximum atomic E-state index is 9.71. The summed E-state index contributed by atoms with van der Waals surface area (Å²) in [5.74, 6) is 0. The van der Waals surface area contributed by atoms with E-state index in [0.29, 0.717) is 0 Å². The molecule has 0 rings (SSSR count). The van der Waals surface area contributed by atoms with Gasteiger partial charge in [-0.3, -0.25) is 8.88 Å². The molecule has 0 heterocycles. The minimum absolute atomic E-state index is 0. The second kappa shape index (κ2) is 12.9. The number of rotatable bonds is 3. The molecule has 14 heteroatoms. The molecular formula is Li2Na2O8P2. The summed E-state index contributed by atoms with van der Waals surface area (Å²) in [6.45, 7) is 0. The number of hydrogen-bond acceptors (Lipinski definition) is 8. The molecule has 0 saturated carbocycles. The van der Waals surface area contributed by atoms with Crippen LogP contribution in [-0.2, 0) is 18.1 Å². The fourth-order valence-corrected chi connectivity index (χ4v) is 1.22. The largest absolute Gasteiger partial charge is 1.00 e. The molecule has 62 valence electrons. The van der Waals surface area contributed by atoms with Gasteiger partial charge >= 0.3 is 96.8 Å². The SMILES string of the molecule is O=P([O-])([O-])OP(=O)([O-])O[O-].[Li+].[Li+].[Na+].[Na+]. The predicted molar refractivity (Wildman–Crippen MR) is 17.4 cm³/mol. The molecule has 0 aliphatic carbocycles. The van der Waals surface area contributed by atoms with Crippen molar-refractivity contribution in [3.8, 4) is 0 Å². The van der Waals surface area contributed by atoms with Crippen LogP contribution in [0, 0.1) is 0 Å². The van der Waals surface area contributed by atoms with E-state index in [1.807, 2.05) is 0 Å². The monoisotopic (exact) mass is 250 g/mol. The maximum Gasteiger partial charge on any atom is 1.00 e. The first-order valence-electron chi connectivity index (χ1n) is 1.63. The van der Waals surface area contributed by atoms with Gasteiger partial charge in [-0.2, -0.15) is 0 Å². The summed E-state index contributed by atoms with van der Waals surface area (Å²) in [5.41, 5.74) is 0. The first-order valence-corrected chi connectivity index (χ1v) is 4.55. The van der Waals surface area contributed by atoms with Gasteiger partial charge < -0.3 is 29.2 Å². The van der Waals surface area contributed by atoms with Gasteiger partial charge in [0.1, 0.15) is 0 Å². The van der Waals surface area contributed by atoms with E-state index in [0.717, 1.165) is 0 Å².